The van der Waals surface area contributed by atoms with Crippen LogP contribution in [0.25, 0.3) is 10.9 Å². The molecule has 4 aromatic rings. The molecule has 2 aromatic heterocycles. The second kappa shape index (κ2) is 7.87. The maximum absolute atomic E-state index is 10.1. The molecule has 6 heteroatoms. The highest BCUT2D eigenvalue weighted by atomic mass is 16.5. The molecule has 1 N–H and O–H groups in total. The van der Waals surface area contributed by atoms with Gasteiger partial charge in [0.1, 0.15) is 5.75 Å². The fourth-order valence-electron chi connectivity index (χ4n) is 3.85. The summed E-state index contributed by atoms with van der Waals surface area (Å²) in [5.74, 6) is 1.97. The summed E-state index contributed by atoms with van der Waals surface area (Å²) in [6.45, 7) is 2.32. The van der Waals surface area contributed by atoms with Gasteiger partial charge in [0.05, 0.1) is 17.1 Å². The number of rotatable bonds is 6. The number of ether oxygens (including phenoxy) is 1. The van der Waals surface area contributed by atoms with Crippen LogP contribution in [0.2, 0.25) is 0 Å². The van der Waals surface area contributed by atoms with E-state index in [1.165, 1.54) is 18.4 Å². The summed E-state index contributed by atoms with van der Waals surface area (Å²) in [6.07, 6.45) is 5.87. The Balaban J connectivity index is 1.30. The molecule has 31 heavy (non-hydrogen) atoms. The summed E-state index contributed by atoms with van der Waals surface area (Å²) < 4.78 is 5.75. The van der Waals surface area contributed by atoms with Gasteiger partial charge < -0.3 is 14.7 Å². The Morgan fingerprint density at radius 1 is 0.968 bits per heavy atom. The molecule has 1 fully saturated rings. The Hall–Kier alpha value is -3.67. The molecule has 5 rings (SSSR count). The number of aromatic hydroxyl groups is 1. The van der Waals surface area contributed by atoms with Gasteiger partial charge in [0.2, 0.25) is 5.88 Å². The number of fused-ring (bicyclic) bond motifs is 1. The van der Waals surface area contributed by atoms with Crippen molar-refractivity contribution < 1.29 is 9.84 Å². The molecule has 6 nitrogen and oxygen atoms in total. The second-order valence-electron chi connectivity index (χ2n) is 8.10. The monoisotopic (exact) mass is 412 g/mol. The lowest BCUT2D eigenvalue weighted by atomic mass is 9.96. The topological polar surface area (TPSA) is 71.4 Å². The van der Waals surface area contributed by atoms with Gasteiger partial charge in [-0.1, -0.05) is 19.1 Å². The van der Waals surface area contributed by atoms with E-state index in [1.54, 1.807) is 18.5 Å². The van der Waals surface area contributed by atoms with E-state index in [0.717, 1.165) is 17.3 Å². The van der Waals surface area contributed by atoms with E-state index in [4.69, 9.17) is 4.74 Å². The molecule has 0 spiro atoms. The minimum Gasteiger partial charge on any atom is -0.493 e. The van der Waals surface area contributed by atoms with E-state index in [0.29, 0.717) is 22.6 Å². The van der Waals surface area contributed by atoms with Gasteiger partial charge in [-0.2, -0.15) is 9.97 Å². The van der Waals surface area contributed by atoms with Gasteiger partial charge in [-0.3, -0.25) is 4.98 Å². The van der Waals surface area contributed by atoms with Crippen LogP contribution in [0.1, 0.15) is 31.2 Å². The molecule has 1 unspecified atom stereocenters. The first-order valence-corrected chi connectivity index (χ1v) is 10.5. The molecule has 2 heterocycles. The van der Waals surface area contributed by atoms with Gasteiger partial charge in [0, 0.05) is 24.6 Å². The zero-order chi connectivity index (χ0) is 21.4. The Kier molecular flexibility index (Phi) is 4.90. The molecule has 0 bridgehead atoms. The van der Waals surface area contributed by atoms with Gasteiger partial charge in [-0.05, 0) is 72.7 Å². The first-order chi connectivity index (χ1) is 15.1. The van der Waals surface area contributed by atoms with Crippen molar-refractivity contribution in [2.45, 2.75) is 25.7 Å². The molecule has 0 amide bonds. The van der Waals surface area contributed by atoms with E-state index in [1.807, 2.05) is 31.3 Å². The third-order valence-corrected chi connectivity index (χ3v) is 6.03. The van der Waals surface area contributed by atoms with Crippen LogP contribution >= 0.6 is 0 Å². The Labute approximate surface area is 181 Å². The molecule has 2 aromatic carbocycles. The molecule has 1 saturated carbocycles. The van der Waals surface area contributed by atoms with Crippen molar-refractivity contribution in [2.75, 3.05) is 11.9 Å². The van der Waals surface area contributed by atoms with Crippen molar-refractivity contribution in [3.05, 3.63) is 72.6 Å². The van der Waals surface area contributed by atoms with Gasteiger partial charge >= 0.3 is 6.01 Å². The van der Waals surface area contributed by atoms with Crippen LogP contribution in [0, 0.1) is 5.92 Å². The van der Waals surface area contributed by atoms with Crippen LogP contribution < -0.4 is 9.64 Å². The zero-order valence-corrected chi connectivity index (χ0v) is 17.6. The van der Waals surface area contributed by atoms with Crippen LogP contribution in [0.4, 0.5) is 11.4 Å². The molecular formula is C25H24N4O2. The zero-order valence-electron chi connectivity index (χ0n) is 17.6. The predicted molar refractivity (Wildman–Crippen MR) is 121 cm³/mol. The van der Waals surface area contributed by atoms with E-state index < -0.39 is 0 Å². The van der Waals surface area contributed by atoms with Crippen molar-refractivity contribution in [3.63, 3.8) is 0 Å². The van der Waals surface area contributed by atoms with Crippen LogP contribution in [-0.2, 0) is 0 Å². The minimum atomic E-state index is -0.127. The summed E-state index contributed by atoms with van der Waals surface area (Å²) in [5, 5.41) is 10.6. The van der Waals surface area contributed by atoms with Gasteiger partial charge in [-0.15, -0.1) is 0 Å². The lowest BCUT2D eigenvalue weighted by molar-refractivity contribution is 0.412. The Morgan fingerprint density at radius 3 is 2.32 bits per heavy atom. The molecule has 156 valence electrons. The summed E-state index contributed by atoms with van der Waals surface area (Å²) in [6, 6.07) is 18.3. The summed E-state index contributed by atoms with van der Waals surface area (Å²) in [5.41, 5.74) is 4.12. The average Bonchev–Trinajstić information content (AvgIpc) is 3.64. The van der Waals surface area contributed by atoms with E-state index in [2.05, 4.69) is 51.0 Å². The third kappa shape index (κ3) is 4.01. The fourth-order valence-corrected chi connectivity index (χ4v) is 3.85. The molecule has 1 aliphatic carbocycles. The first kappa shape index (κ1) is 19.3. The van der Waals surface area contributed by atoms with Crippen molar-refractivity contribution >= 4 is 22.3 Å². The number of hydrogen-bond donors (Lipinski definition) is 1. The standard InChI is InChI=1S/C25H24N4O2/c1-16(17-3-4-17)18-5-7-19(8-6-18)29(2)20-9-11-21(12-10-20)31-25-27-23-15-26-14-13-22(23)24(30)28-25/h5-17H,3-4H2,1-2H3,(H,27,28,30). The smallest absolute Gasteiger partial charge is 0.325 e. The Morgan fingerprint density at radius 2 is 1.65 bits per heavy atom. The highest BCUT2D eigenvalue weighted by Gasteiger charge is 2.28. The maximum Gasteiger partial charge on any atom is 0.325 e. The largest absolute Gasteiger partial charge is 0.493 e. The van der Waals surface area contributed by atoms with Gasteiger partial charge in [0.15, 0.2) is 0 Å². The number of anilines is 2. The predicted octanol–water partition coefficient (Wildman–Crippen LogP) is 5.80. The van der Waals surface area contributed by atoms with Crippen LogP contribution in [0.5, 0.6) is 17.6 Å². The number of benzene rings is 2. The SMILES string of the molecule is CC(c1ccc(N(C)c2ccc(Oc3nc(O)c4ccncc4n3)cc2)cc1)C1CC1. The molecule has 0 aliphatic heterocycles. The van der Waals surface area contributed by atoms with E-state index in [9.17, 15) is 5.11 Å². The minimum absolute atomic E-state index is 0.0828. The van der Waals surface area contributed by atoms with Crippen molar-refractivity contribution in [1.82, 2.24) is 15.0 Å². The van der Waals surface area contributed by atoms with Crippen LogP contribution in [0.15, 0.2) is 67.0 Å². The van der Waals surface area contributed by atoms with Crippen molar-refractivity contribution in [3.8, 4) is 17.6 Å². The number of aromatic nitrogens is 3. The van der Waals surface area contributed by atoms with Crippen LogP contribution in [-0.4, -0.2) is 27.1 Å². The normalized spacial score (nSPS) is 14.4. The first-order valence-electron chi connectivity index (χ1n) is 10.5. The third-order valence-electron chi connectivity index (χ3n) is 6.03. The van der Waals surface area contributed by atoms with Gasteiger partial charge in [-0.25, -0.2) is 0 Å². The van der Waals surface area contributed by atoms with E-state index in [-0.39, 0.29) is 11.9 Å². The van der Waals surface area contributed by atoms with Gasteiger partial charge in [0.25, 0.3) is 0 Å². The lowest BCUT2D eigenvalue weighted by Gasteiger charge is -2.21. The number of pyridine rings is 1. The lowest BCUT2D eigenvalue weighted by Crippen LogP contribution is -2.09. The van der Waals surface area contributed by atoms with Crippen molar-refractivity contribution in [1.29, 1.82) is 0 Å². The molecule has 0 saturated heterocycles. The molecule has 1 aliphatic rings. The summed E-state index contributed by atoms with van der Waals surface area (Å²) in [7, 11) is 2.05. The molecule has 0 radical (unpaired) electrons. The Bertz CT molecular complexity index is 1200. The highest BCUT2D eigenvalue weighted by molar-refractivity contribution is 5.82. The average molecular weight is 412 g/mol. The fraction of sp³-hybridized carbons (Fsp3) is 0.240. The molecular weight excluding hydrogens is 388 g/mol. The summed E-state index contributed by atoms with van der Waals surface area (Å²) >= 11 is 0. The highest BCUT2D eigenvalue weighted by Crippen LogP contribution is 2.42. The summed E-state index contributed by atoms with van der Waals surface area (Å²) in [4.78, 5) is 14.5. The number of hydrogen-bond acceptors (Lipinski definition) is 6. The van der Waals surface area contributed by atoms with Crippen LogP contribution in [0.3, 0.4) is 0 Å². The molecule has 1 atom stereocenters. The second-order valence-corrected chi connectivity index (χ2v) is 8.10. The van der Waals surface area contributed by atoms with Crippen molar-refractivity contribution in [2.24, 2.45) is 5.92 Å². The quantitative estimate of drug-likeness (QED) is 0.431. The number of nitrogens with zero attached hydrogens (tertiary/aromatic N) is 4. The van der Waals surface area contributed by atoms with E-state index >= 15 is 0 Å². The maximum atomic E-state index is 10.1.